The SMILES string of the molecule is O=C(Nc1ccccc1-c1ccc(Cl)cc1)OCC1CCNCC1. The predicted molar refractivity (Wildman–Crippen MR) is 97.5 cm³/mol. The highest BCUT2D eigenvalue weighted by Gasteiger charge is 2.16. The standard InChI is InChI=1S/C19H21ClN2O2/c20-16-7-5-15(6-8-16)17-3-1-2-4-18(17)22-19(23)24-13-14-9-11-21-12-10-14/h1-8,14,21H,9-13H2,(H,22,23). The number of ether oxygens (including phenoxy) is 1. The highest BCUT2D eigenvalue weighted by molar-refractivity contribution is 6.30. The molecule has 0 radical (unpaired) electrons. The van der Waals surface area contributed by atoms with Crippen molar-refractivity contribution < 1.29 is 9.53 Å². The number of carbonyl (C=O) groups excluding carboxylic acids is 1. The summed E-state index contributed by atoms with van der Waals surface area (Å²) in [6, 6.07) is 15.2. The molecule has 0 bridgehead atoms. The first-order valence-corrected chi connectivity index (χ1v) is 8.59. The molecule has 5 heteroatoms. The number of para-hydroxylation sites is 1. The Kier molecular flexibility index (Phi) is 5.72. The quantitative estimate of drug-likeness (QED) is 0.855. The minimum Gasteiger partial charge on any atom is -0.449 e. The molecular formula is C19H21ClN2O2. The molecule has 24 heavy (non-hydrogen) atoms. The van der Waals surface area contributed by atoms with Gasteiger partial charge < -0.3 is 10.1 Å². The zero-order valence-electron chi connectivity index (χ0n) is 13.4. The maximum absolute atomic E-state index is 12.1. The van der Waals surface area contributed by atoms with Crippen molar-refractivity contribution in [1.29, 1.82) is 0 Å². The van der Waals surface area contributed by atoms with Crippen molar-refractivity contribution in [3.8, 4) is 11.1 Å². The fourth-order valence-corrected chi connectivity index (χ4v) is 2.99. The molecule has 4 nitrogen and oxygen atoms in total. The summed E-state index contributed by atoms with van der Waals surface area (Å²) in [7, 11) is 0. The number of anilines is 1. The summed E-state index contributed by atoms with van der Waals surface area (Å²) in [5.41, 5.74) is 2.66. The number of halogens is 1. The van der Waals surface area contributed by atoms with Gasteiger partial charge in [-0.15, -0.1) is 0 Å². The Balaban J connectivity index is 1.64. The maximum atomic E-state index is 12.1. The van der Waals surface area contributed by atoms with Gasteiger partial charge in [0.2, 0.25) is 0 Å². The molecule has 0 aliphatic carbocycles. The molecule has 1 aliphatic heterocycles. The Labute approximate surface area is 147 Å². The summed E-state index contributed by atoms with van der Waals surface area (Å²) in [6.45, 7) is 2.46. The molecule has 0 aromatic heterocycles. The average molecular weight is 345 g/mol. The van der Waals surface area contributed by atoms with Crippen LogP contribution in [0.1, 0.15) is 12.8 Å². The van der Waals surface area contributed by atoms with Gasteiger partial charge in [-0.1, -0.05) is 41.9 Å². The lowest BCUT2D eigenvalue weighted by atomic mass is 9.99. The van der Waals surface area contributed by atoms with Gasteiger partial charge in [-0.25, -0.2) is 4.79 Å². The second-order valence-corrected chi connectivity index (χ2v) is 6.41. The number of hydrogen-bond acceptors (Lipinski definition) is 3. The first-order chi connectivity index (χ1) is 11.7. The maximum Gasteiger partial charge on any atom is 0.411 e. The summed E-state index contributed by atoms with van der Waals surface area (Å²) in [6.07, 6.45) is 1.69. The third-order valence-electron chi connectivity index (χ3n) is 4.23. The van der Waals surface area contributed by atoms with Gasteiger partial charge in [0.15, 0.2) is 0 Å². The molecule has 1 heterocycles. The van der Waals surface area contributed by atoms with Crippen LogP contribution in [0.4, 0.5) is 10.5 Å². The summed E-state index contributed by atoms with van der Waals surface area (Å²) >= 11 is 5.94. The van der Waals surface area contributed by atoms with Crippen molar-refractivity contribution >= 4 is 23.4 Å². The van der Waals surface area contributed by atoms with Gasteiger partial charge in [0, 0.05) is 10.6 Å². The number of piperidine rings is 1. The van der Waals surface area contributed by atoms with E-state index in [2.05, 4.69) is 10.6 Å². The third-order valence-corrected chi connectivity index (χ3v) is 4.48. The van der Waals surface area contributed by atoms with Crippen molar-refractivity contribution in [3.63, 3.8) is 0 Å². The number of amides is 1. The van der Waals surface area contributed by atoms with Crippen LogP contribution < -0.4 is 10.6 Å². The van der Waals surface area contributed by atoms with Crippen molar-refractivity contribution in [1.82, 2.24) is 5.32 Å². The molecule has 1 amide bonds. The highest BCUT2D eigenvalue weighted by atomic mass is 35.5. The number of benzene rings is 2. The van der Waals surface area contributed by atoms with E-state index in [-0.39, 0.29) is 0 Å². The molecule has 0 atom stereocenters. The normalized spacial score (nSPS) is 15.0. The smallest absolute Gasteiger partial charge is 0.411 e. The van der Waals surface area contributed by atoms with Crippen LogP contribution in [0.3, 0.4) is 0 Å². The van der Waals surface area contributed by atoms with Gasteiger partial charge in [0.25, 0.3) is 0 Å². The lowest BCUT2D eigenvalue weighted by Crippen LogP contribution is -2.31. The van der Waals surface area contributed by atoms with E-state index in [1.807, 2.05) is 48.5 Å². The summed E-state index contributed by atoms with van der Waals surface area (Å²) in [5, 5.41) is 6.85. The van der Waals surface area contributed by atoms with Gasteiger partial charge in [-0.2, -0.15) is 0 Å². The van der Waals surface area contributed by atoms with Crippen LogP contribution >= 0.6 is 11.6 Å². The average Bonchev–Trinajstić information content (AvgIpc) is 2.62. The van der Waals surface area contributed by atoms with Gasteiger partial charge in [-0.3, -0.25) is 5.32 Å². The zero-order chi connectivity index (χ0) is 16.8. The van der Waals surface area contributed by atoms with E-state index in [9.17, 15) is 4.79 Å². The number of hydrogen-bond donors (Lipinski definition) is 2. The van der Waals surface area contributed by atoms with Crippen LogP contribution in [0.15, 0.2) is 48.5 Å². The minimum atomic E-state index is -0.407. The van der Waals surface area contributed by atoms with Crippen LogP contribution in [0.5, 0.6) is 0 Å². The third kappa shape index (κ3) is 4.49. The fourth-order valence-electron chi connectivity index (χ4n) is 2.86. The summed E-state index contributed by atoms with van der Waals surface area (Å²) in [5.74, 6) is 0.448. The van der Waals surface area contributed by atoms with Crippen LogP contribution in [0.2, 0.25) is 5.02 Å². The van der Waals surface area contributed by atoms with Crippen LogP contribution in [0, 0.1) is 5.92 Å². The van der Waals surface area contributed by atoms with Crippen LogP contribution in [0.25, 0.3) is 11.1 Å². The largest absolute Gasteiger partial charge is 0.449 e. The van der Waals surface area contributed by atoms with E-state index in [0.717, 1.165) is 42.7 Å². The molecule has 1 aliphatic rings. The summed E-state index contributed by atoms with van der Waals surface area (Å²) < 4.78 is 5.40. The molecule has 126 valence electrons. The van der Waals surface area contributed by atoms with Crippen molar-refractivity contribution in [3.05, 3.63) is 53.6 Å². The fraction of sp³-hybridized carbons (Fsp3) is 0.316. The van der Waals surface area contributed by atoms with E-state index in [1.54, 1.807) is 0 Å². The molecule has 3 rings (SSSR count). The Morgan fingerprint density at radius 2 is 1.83 bits per heavy atom. The first kappa shape index (κ1) is 16.8. The van der Waals surface area contributed by atoms with E-state index in [4.69, 9.17) is 16.3 Å². The van der Waals surface area contributed by atoms with Crippen molar-refractivity contribution in [2.24, 2.45) is 5.92 Å². The lowest BCUT2D eigenvalue weighted by Gasteiger charge is -2.22. The van der Waals surface area contributed by atoms with Crippen molar-refractivity contribution in [2.45, 2.75) is 12.8 Å². The molecule has 0 spiro atoms. The predicted octanol–water partition coefficient (Wildman–Crippen LogP) is 4.56. The van der Waals surface area contributed by atoms with Crippen molar-refractivity contribution in [2.75, 3.05) is 25.0 Å². The Hall–Kier alpha value is -2.04. The topological polar surface area (TPSA) is 50.4 Å². The monoisotopic (exact) mass is 344 g/mol. The Morgan fingerprint density at radius 1 is 1.12 bits per heavy atom. The minimum absolute atomic E-state index is 0.407. The van der Waals surface area contributed by atoms with E-state index in [1.165, 1.54) is 0 Å². The lowest BCUT2D eigenvalue weighted by molar-refractivity contribution is 0.131. The summed E-state index contributed by atoms with van der Waals surface area (Å²) in [4.78, 5) is 12.1. The van der Waals surface area contributed by atoms with Crippen LogP contribution in [-0.4, -0.2) is 25.8 Å². The van der Waals surface area contributed by atoms with Gasteiger partial charge in [-0.05, 0) is 55.6 Å². The number of carbonyl (C=O) groups is 1. The number of nitrogens with one attached hydrogen (secondary N) is 2. The van der Waals surface area contributed by atoms with Gasteiger partial charge in [0.1, 0.15) is 0 Å². The molecule has 2 N–H and O–H groups in total. The molecule has 1 saturated heterocycles. The number of rotatable bonds is 4. The van der Waals surface area contributed by atoms with Crippen LogP contribution in [-0.2, 0) is 4.74 Å². The molecule has 2 aromatic carbocycles. The second kappa shape index (κ2) is 8.18. The molecule has 2 aromatic rings. The molecule has 1 fully saturated rings. The molecule has 0 unspecified atom stereocenters. The highest BCUT2D eigenvalue weighted by Crippen LogP contribution is 2.29. The Bertz CT molecular complexity index is 682. The Morgan fingerprint density at radius 3 is 2.58 bits per heavy atom. The first-order valence-electron chi connectivity index (χ1n) is 8.22. The van der Waals surface area contributed by atoms with E-state index < -0.39 is 6.09 Å². The van der Waals surface area contributed by atoms with Gasteiger partial charge in [0.05, 0.1) is 12.3 Å². The molecule has 0 saturated carbocycles. The second-order valence-electron chi connectivity index (χ2n) is 5.97. The van der Waals surface area contributed by atoms with Gasteiger partial charge >= 0.3 is 6.09 Å². The van der Waals surface area contributed by atoms with E-state index in [0.29, 0.717) is 17.5 Å². The zero-order valence-corrected chi connectivity index (χ0v) is 14.2. The molecular weight excluding hydrogens is 324 g/mol. The van der Waals surface area contributed by atoms with E-state index >= 15 is 0 Å².